The number of hydrogen-bond acceptors (Lipinski definition) is 4. The number of carbonyl (C=O) groups is 1. The Morgan fingerprint density at radius 2 is 1.85 bits per heavy atom. The average molecular weight is 388 g/mol. The van der Waals surface area contributed by atoms with Gasteiger partial charge in [-0.2, -0.15) is 0 Å². The first kappa shape index (κ1) is 19.6. The molecule has 1 N–H and O–H groups in total. The van der Waals surface area contributed by atoms with Gasteiger partial charge in [0.15, 0.2) is 0 Å². The molecule has 0 bridgehead atoms. The molecule has 0 spiro atoms. The highest BCUT2D eigenvalue weighted by Crippen LogP contribution is 2.27. The van der Waals surface area contributed by atoms with Crippen molar-refractivity contribution in [3.63, 3.8) is 0 Å². The summed E-state index contributed by atoms with van der Waals surface area (Å²) >= 11 is 0. The number of hydrogen-bond donors (Lipinski definition) is 1. The molecule has 0 aliphatic heterocycles. The molecular weight excluding hydrogens is 362 g/mol. The molecule has 5 nitrogen and oxygen atoms in total. The number of benzene rings is 2. The third-order valence-electron chi connectivity index (χ3n) is 5.05. The van der Waals surface area contributed by atoms with Gasteiger partial charge in [0, 0.05) is 6.04 Å². The van der Waals surface area contributed by atoms with E-state index in [9.17, 15) is 13.2 Å². The minimum Gasteiger partial charge on any atom is -0.465 e. The van der Waals surface area contributed by atoms with Gasteiger partial charge in [0.05, 0.1) is 17.6 Å². The van der Waals surface area contributed by atoms with E-state index in [-0.39, 0.29) is 16.5 Å². The Labute approximate surface area is 160 Å². The quantitative estimate of drug-likeness (QED) is 0.766. The Bertz CT molecular complexity index is 937. The Kier molecular flexibility index (Phi) is 5.97. The van der Waals surface area contributed by atoms with Crippen LogP contribution in [-0.4, -0.2) is 21.5 Å². The summed E-state index contributed by atoms with van der Waals surface area (Å²) in [6.07, 6.45) is 5.17. The number of aryl methyl sites for hydroxylation is 2. The summed E-state index contributed by atoms with van der Waals surface area (Å²) in [6.45, 7) is 1.96. The average Bonchev–Trinajstić information content (AvgIpc) is 2.71. The first-order chi connectivity index (χ1) is 12.9. The highest BCUT2D eigenvalue weighted by molar-refractivity contribution is 7.89. The number of fused-ring (bicyclic) bond motifs is 1. The van der Waals surface area contributed by atoms with E-state index in [1.165, 1.54) is 49.3 Å². The van der Waals surface area contributed by atoms with E-state index in [4.69, 9.17) is 0 Å². The molecule has 0 amide bonds. The highest BCUT2D eigenvalue weighted by Gasteiger charge is 2.22. The van der Waals surface area contributed by atoms with E-state index in [1.54, 1.807) is 6.07 Å². The molecule has 2 aromatic carbocycles. The molecule has 27 heavy (non-hydrogen) atoms. The molecular formula is C21H25NO4S. The van der Waals surface area contributed by atoms with Gasteiger partial charge in [-0.3, -0.25) is 0 Å². The van der Waals surface area contributed by atoms with Gasteiger partial charge in [-0.15, -0.1) is 0 Å². The lowest BCUT2D eigenvalue weighted by Crippen LogP contribution is -2.28. The molecule has 0 heterocycles. The molecule has 1 atom stereocenters. The fraction of sp³-hybridized carbons (Fsp3) is 0.381. The Morgan fingerprint density at radius 3 is 2.56 bits per heavy atom. The van der Waals surface area contributed by atoms with E-state index in [0.29, 0.717) is 6.42 Å². The van der Waals surface area contributed by atoms with E-state index in [1.807, 2.05) is 13.0 Å². The van der Waals surface area contributed by atoms with Crippen LogP contribution in [-0.2, 0) is 27.6 Å². The number of ether oxygens (including phenoxy) is 1. The van der Waals surface area contributed by atoms with Crippen molar-refractivity contribution in [1.29, 1.82) is 0 Å². The standard InChI is InChI=1S/C21H25NO4S/c1-3-20(17-12-11-15-7-4-5-8-16(15)13-17)22-27(24,25)19-10-6-9-18(14-19)21(23)26-2/h6,9-14,20,22H,3-5,7-8H2,1-2H3. The highest BCUT2D eigenvalue weighted by atomic mass is 32.2. The minimum atomic E-state index is -3.76. The molecule has 0 fully saturated rings. The first-order valence-electron chi connectivity index (χ1n) is 9.27. The molecule has 1 aliphatic rings. The van der Waals surface area contributed by atoms with Gasteiger partial charge < -0.3 is 4.74 Å². The molecule has 6 heteroatoms. The molecule has 144 valence electrons. The normalized spacial score (nSPS) is 15.0. The van der Waals surface area contributed by atoms with Gasteiger partial charge >= 0.3 is 5.97 Å². The predicted molar refractivity (Wildman–Crippen MR) is 104 cm³/mol. The number of carbonyl (C=O) groups excluding carboxylic acids is 1. The Balaban J connectivity index is 1.86. The van der Waals surface area contributed by atoms with E-state index >= 15 is 0 Å². The van der Waals surface area contributed by atoms with Crippen molar-refractivity contribution in [3.05, 3.63) is 64.7 Å². The van der Waals surface area contributed by atoms with Crippen molar-refractivity contribution in [1.82, 2.24) is 4.72 Å². The summed E-state index contributed by atoms with van der Waals surface area (Å²) in [7, 11) is -2.49. The van der Waals surface area contributed by atoms with Crippen molar-refractivity contribution < 1.29 is 17.9 Å². The molecule has 3 rings (SSSR count). The van der Waals surface area contributed by atoms with Crippen molar-refractivity contribution >= 4 is 16.0 Å². The molecule has 0 aromatic heterocycles. The van der Waals surface area contributed by atoms with Gasteiger partial charge in [-0.25, -0.2) is 17.9 Å². The van der Waals surface area contributed by atoms with Crippen LogP contribution in [0, 0.1) is 0 Å². The summed E-state index contributed by atoms with van der Waals surface area (Å²) in [6, 6.07) is 11.9. The van der Waals surface area contributed by atoms with Crippen LogP contribution in [0.15, 0.2) is 47.4 Å². The molecule has 0 saturated heterocycles. The van der Waals surface area contributed by atoms with Crippen LogP contribution < -0.4 is 4.72 Å². The second-order valence-corrected chi connectivity index (χ2v) is 8.55. The summed E-state index contributed by atoms with van der Waals surface area (Å²) in [5.41, 5.74) is 3.88. The predicted octanol–water partition coefficient (Wildman–Crippen LogP) is 3.78. The maximum Gasteiger partial charge on any atom is 0.337 e. The van der Waals surface area contributed by atoms with Crippen LogP contribution in [0.2, 0.25) is 0 Å². The second-order valence-electron chi connectivity index (χ2n) is 6.84. The van der Waals surface area contributed by atoms with E-state index in [2.05, 4.69) is 21.6 Å². The van der Waals surface area contributed by atoms with Gasteiger partial charge in [0.25, 0.3) is 0 Å². The zero-order chi connectivity index (χ0) is 19.4. The van der Waals surface area contributed by atoms with Crippen molar-refractivity contribution in [2.45, 2.75) is 50.0 Å². The molecule has 0 radical (unpaired) electrons. The lowest BCUT2D eigenvalue weighted by atomic mass is 9.89. The summed E-state index contributed by atoms with van der Waals surface area (Å²) in [5, 5.41) is 0. The molecule has 1 aliphatic carbocycles. The van der Waals surface area contributed by atoms with Crippen molar-refractivity contribution in [2.75, 3.05) is 7.11 Å². The van der Waals surface area contributed by atoms with E-state index in [0.717, 1.165) is 18.4 Å². The fourth-order valence-electron chi connectivity index (χ4n) is 3.52. The lowest BCUT2D eigenvalue weighted by Gasteiger charge is -2.21. The zero-order valence-electron chi connectivity index (χ0n) is 15.7. The molecule has 2 aromatic rings. The smallest absolute Gasteiger partial charge is 0.337 e. The zero-order valence-corrected chi connectivity index (χ0v) is 16.5. The third kappa shape index (κ3) is 4.39. The summed E-state index contributed by atoms with van der Waals surface area (Å²) in [4.78, 5) is 11.7. The third-order valence-corrected chi connectivity index (χ3v) is 6.52. The van der Waals surface area contributed by atoms with Crippen LogP contribution in [0.4, 0.5) is 0 Å². The van der Waals surface area contributed by atoms with Gasteiger partial charge in [-0.05, 0) is 67.0 Å². The largest absolute Gasteiger partial charge is 0.465 e. The fourth-order valence-corrected chi connectivity index (χ4v) is 4.87. The number of esters is 1. The van der Waals surface area contributed by atoms with E-state index < -0.39 is 16.0 Å². The molecule has 1 unspecified atom stereocenters. The maximum atomic E-state index is 12.9. The SMILES string of the molecule is CCC(NS(=O)(=O)c1cccc(C(=O)OC)c1)c1ccc2c(c1)CCCC2. The minimum absolute atomic E-state index is 0.0572. The summed E-state index contributed by atoms with van der Waals surface area (Å²) in [5.74, 6) is -0.561. The van der Waals surface area contributed by atoms with Gasteiger partial charge in [0.1, 0.15) is 0 Å². The number of sulfonamides is 1. The number of methoxy groups -OCH3 is 1. The van der Waals surface area contributed by atoms with Crippen LogP contribution >= 0.6 is 0 Å². The van der Waals surface area contributed by atoms with Crippen molar-refractivity contribution in [3.8, 4) is 0 Å². The first-order valence-corrected chi connectivity index (χ1v) is 10.8. The van der Waals surface area contributed by atoms with Gasteiger partial charge in [-0.1, -0.05) is 31.2 Å². The molecule has 0 saturated carbocycles. The number of rotatable bonds is 6. The Morgan fingerprint density at radius 1 is 1.11 bits per heavy atom. The van der Waals surface area contributed by atoms with Crippen LogP contribution in [0.1, 0.15) is 59.3 Å². The lowest BCUT2D eigenvalue weighted by molar-refractivity contribution is 0.0600. The Hall–Kier alpha value is -2.18. The maximum absolute atomic E-state index is 12.9. The van der Waals surface area contributed by atoms with Crippen LogP contribution in [0.25, 0.3) is 0 Å². The van der Waals surface area contributed by atoms with Gasteiger partial charge in [0.2, 0.25) is 10.0 Å². The van der Waals surface area contributed by atoms with Crippen LogP contribution in [0.3, 0.4) is 0 Å². The monoisotopic (exact) mass is 387 g/mol. The van der Waals surface area contributed by atoms with Crippen molar-refractivity contribution in [2.24, 2.45) is 0 Å². The summed E-state index contributed by atoms with van der Waals surface area (Å²) < 4.78 is 33.2. The number of nitrogens with one attached hydrogen (secondary N) is 1. The van der Waals surface area contributed by atoms with Crippen LogP contribution in [0.5, 0.6) is 0 Å². The second kappa shape index (κ2) is 8.23. The topological polar surface area (TPSA) is 72.5 Å².